The summed E-state index contributed by atoms with van der Waals surface area (Å²) in [7, 11) is 0. The van der Waals surface area contributed by atoms with Crippen molar-refractivity contribution in [1.82, 2.24) is 10.2 Å². The van der Waals surface area contributed by atoms with Gasteiger partial charge in [-0.2, -0.15) is 0 Å². The number of rotatable bonds is 5. The zero-order valence-electron chi connectivity index (χ0n) is 16.0. The summed E-state index contributed by atoms with van der Waals surface area (Å²) in [5, 5.41) is 6.08. The number of anilines is 2. The number of nitrogens with one attached hydrogen (secondary N) is 2. The van der Waals surface area contributed by atoms with Gasteiger partial charge in [-0.15, -0.1) is 0 Å². The van der Waals surface area contributed by atoms with Crippen LogP contribution >= 0.6 is 11.6 Å². The number of aryl methyl sites for hydroxylation is 1. The zero-order chi connectivity index (χ0) is 19.9. The Bertz CT molecular complexity index is 817. The van der Waals surface area contributed by atoms with E-state index in [2.05, 4.69) is 20.4 Å². The topological polar surface area (TPSA) is 64.7 Å². The van der Waals surface area contributed by atoms with Gasteiger partial charge in [-0.3, -0.25) is 14.5 Å². The van der Waals surface area contributed by atoms with Gasteiger partial charge in [-0.05, 0) is 42.8 Å². The summed E-state index contributed by atoms with van der Waals surface area (Å²) in [6, 6.07) is 15.2. The number of carbonyl (C=O) groups is 2. The molecule has 0 aliphatic carbocycles. The van der Waals surface area contributed by atoms with Gasteiger partial charge in [0.05, 0.1) is 0 Å². The Hall–Kier alpha value is -2.57. The second kappa shape index (κ2) is 9.57. The number of halogens is 1. The van der Waals surface area contributed by atoms with E-state index in [1.807, 2.05) is 49.4 Å². The van der Waals surface area contributed by atoms with E-state index in [0.29, 0.717) is 12.2 Å². The lowest BCUT2D eigenvalue weighted by Gasteiger charge is -2.36. The van der Waals surface area contributed by atoms with Crippen LogP contribution in [-0.2, 0) is 9.59 Å². The van der Waals surface area contributed by atoms with Crippen LogP contribution in [-0.4, -0.2) is 56.0 Å². The average molecular weight is 401 g/mol. The molecule has 0 bridgehead atoms. The predicted molar refractivity (Wildman–Crippen MR) is 113 cm³/mol. The molecule has 2 N–H and O–H groups in total. The monoisotopic (exact) mass is 400 g/mol. The van der Waals surface area contributed by atoms with Crippen molar-refractivity contribution in [2.24, 2.45) is 0 Å². The maximum absolute atomic E-state index is 12.0. The number of hydrogen-bond acceptors (Lipinski definition) is 4. The van der Waals surface area contributed by atoms with Crippen LogP contribution in [0.5, 0.6) is 0 Å². The molecule has 2 amide bonds. The molecule has 2 aromatic carbocycles. The maximum atomic E-state index is 12.0. The fourth-order valence-corrected chi connectivity index (χ4v) is 3.31. The van der Waals surface area contributed by atoms with Gasteiger partial charge in [0.15, 0.2) is 0 Å². The van der Waals surface area contributed by atoms with E-state index >= 15 is 0 Å². The van der Waals surface area contributed by atoms with Crippen LogP contribution in [0.25, 0.3) is 0 Å². The van der Waals surface area contributed by atoms with Crippen molar-refractivity contribution in [2.45, 2.75) is 6.92 Å². The van der Waals surface area contributed by atoms with E-state index in [1.165, 1.54) is 5.69 Å². The van der Waals surface area contributed by atoms with Gasteiger partial charge in [0.1, 0.15) is 0 Å². The Balaban J connectivity index is 1.37. The van der Waals surface area contributed by atoms with E-state index in [9.17, 15) is 9.59 Å². The summed E-state index contributed by atoms with van der Waals surface area (Å²) in [5.41, 5.74) is 2.74. The molecule has 1 heterocycles. The summed E-state index contributed by atoms with van der Waals surface area (Å²) >= 11 is 5.94. The van der Waals surface area contributed by atoms with Crippen LogP contribution in [0.3, 0.4) is 0 Å². The van der Waals surface area contributed by atoms with E-state index < -0.39 is 11.8 Å². The molecule has 1 saturated heterocycles. The highest BCUT2D eigenvalue weighted by Gasteiger charge is 2.18. The van der Waals surface area contributed by atoms with Gasteiger partial charge < -0.3 is 15.5 Å². The number of carbonyl (C=O) groups excluding carboxylic acids is 2. The molecular formula is C21H25ClN4O2. The van der Waals surface area contributed by atoms with Crippen LogP contribution in [0.15, 0.2) is 48.5 Å². The van der Waals surface area contributed by atoms with Gasteiger partial charge in [0.25, 0.3) is 0 Å². The number of amides is 2. The van der Waals surface area contributed by atoms with Crippen molar-refractivity contribution in [3.63, 3.8) is 0 Å². The van der Waals surface area contributed by atoms with Gasteiger partial charge in [-0.1, -0.05) is 29.8 Å². The molecule has 1 fully saturated rings. The van der Waals surface area contributed by atoms with E-state index in [4.69, 9.17) is 11.6 Å². The zero-order valence-corrected chi connectivity index (χ0v) is 16.7. The van der Waals surface area contributed by atoms with Crippen LogP contribution in [0, 0.1) is 6.92 Å². The molecule has 3 rings (SSSR count). The lowest BCUT2D eigenvalue weighted by molar-refractivity contribution is -0.136. The highest BCUT2D eigenvalue weighted by atomic mass is 35.5. The van der Waals surface area contributed by atoms with Crippen molar-refractivity contribution in [2.75, 3.05) is 49.5 Å². The molecule has 7 heteroatoms. The molecule has 1 aliphatic heterocycles. The second-order valence-electron chi connectivity index (χ2n) is 6.83. The minimum Gasteiger partial charge on any atom is -0.369 e. The van der Waals surface area contributed by atoms with Gasteiger partial charge >= 0.3 is 11.8 Å². The van der Waals surface area contributed by atoms with E-state index in [-0.39, 0.29) is 0 Å². The minimum atomic E-state index is -0.637. The molecule has 2 aromatic rings. The van der Waals surface area contributed by atoms with Crippen LogP contribution in [0.1, 0.15) is 5.56 Å². The normalized spacial score (nSPS) is 14.6. The maximum Gasteiger partial charge on any atom is 0.313 e. The van der Waals surface area contributed by atoms with Crippen molar-refractivity contribution in [1.29, 1.82) is 0 Å². The fraction of sp³-hybridized carbons (Fsp3) is 0.333. The number of piperazine rings is 1. The average Bonchev–Trinajstić information content (AvgIpc) is 2.71. The van der Waals surface area contributed by atoms with Crippen LogP contribution in [0.2, 0.25) is 5.02 Å². The van der Waals surface area contributed by atoms with Crippen molar-refractivity contribution in [3.05, 3.63) is 59.1 Å². The molecule has 28 heavy (non-hydrogen) atoms. The Labute approximate surface area is 170 Å². The number of para-hydroxylation sites is 1. The van der Waals surface area contributed by atoms with Crippen molar-refractivity contribution < 1.29 is 9.59 Å². The highest BCUT2D eigenvalue weighted by Crippen LogP contribution is 2.19. The van der Waals surface area contributed by atoms with E-state index in [0.717, 1.165) is 43.3 Å². The first kappa shape index (κ1) is 20.2. The smallest absolute Gasteiger partial charge is 0.313 e. The number of benzene rings is 2. The third-order valence-electron chi connectivity index (χ3n) is 4.88. The molecule has 1 aliphatic rings. The van der Waals surface area contributed by atoms with Gasteiger partial charge in [0, 0.05) is 55.7 Å². The largest absolute Gasteiger partial charge is 0.369 e. The summed E-state index contributed by atoms with van der Waals surface area (Å²) in [5.74, 6) is -1.25. The molecule has 0 radical (unpaired) electrons. The third kappa shape index (κ3) is 5.47. The van der Waals surface area contributed by atoms with Gasteiger partial charge in [-0.25, -0.2) is 0 Å². The summed E-state index contributed by atoms with van der Waals surface area (Å²) in [6.45, 7) is 6.71. The predicted octanol–water partition coefficient (Wildman–Crippen LogP) is 2.53. The summed E-state index contributed by atoms with van der Waals surface area (Å²) in [6.07, 6.45) is 0. The quantitative estimate of drug-likeness (QED) is 0.757. The highest BCUT2D eigenvalue weighted by molar-refractivity contribution is 6.39. The molecule has 0 atom stereocenters. The second-order valence-corrected chi connectivity index (χ2v) is 7.27. The lowest BCUT2D eigenvalue weighted by Crippen LogP contribution is -2.49. The SMILES string of the molecule is Cc1ccccc1NC(=O)C(=O)NCCN1CCN(c2ccc(Cl)cc2)CC1. The van der Waals surface area contributed by atoms with Crippen molar-refractivity contribution >= 4 is 34.8 Å². The Morgan fingerprint density at radius 2 is 1.64 bits per heavy atom. The first-order valence-electron chi connectivity index (χ1n) is 9.40. The Morgan fingerprint density at radius 1 is 0.964 bits per heavy atom. The fourth-order valence-electron chi connectivity index (χ4n) is 3.18. The standard InChI is InChI=1S/C21H25ClN4O2/c1-16-4-2-3-5-19(16)24-21(28)20(27)23-10-11-25-12-14-26(15-13-25)18-8-6-17(22)7-9-18/h2-9H,10-15H2,1H3,(H,23,27)(H,24,28). The molecule has 0 unspecified atom stereocenters. The van der Waals surface area contributed by atoms with Crippen LogP contribution < -0.4 is 15.5 Å². The number of hydrogen-bond donors (Lipinski definition) is 2. The Kier molecular flexibility index (Phi) is 6.90. The molecule has 148 valence electrons. The molecule has 0 spiro atoms. The Morgan fingerprint density at radius 3 is 2.32 bits per heavy atom. The first-order chi connectivity index (χ1) is 13.5. The van der Waals surface area contributed by atoms with Crippen molar-refractivity contribution in [3.8, 4) is 0 Å². The lowest BCUT2D eigenvalue weighted by atomic mass is 10.2. The third-order valence-corrected chi connectivity index (χ3v) is 5.13. The molecular weight excluding hydrogens is 376 g/mol. The minimum absolute atomic E-state index is 0.445. The van der Waals surface area contributed by atoms with Gasteiger partial charge in [0.2, 0.25) is 0 Å². The first-order valence-corrected chi connectivity index (χ1v) is 9.78. The van der Waals surface area contributed by atoms with E-state index in [1.54, 1.807) is 6.07 Å². The number of nitrogens with zero attached hydrogens (tertiary/aromatic N) is 2. The summed E-state index contributed by atoms with van der Waals surface area (Å²) < 4.78 is 0. The molecule has 0 aromatic heterocycles. The molecule has 6 nitrogen and oxygen atoms in total. The molecule has 0 saturated carbocycles. The summed E-state index contributed by atoms with van der Waals surface area (Å²) in [4.78, 5) is 28.6. The van der Waals surface area contributed by atoms with Crippen LogP contribution in [0.4, 0.5) is 11.4 Å².